The molecule has 0 saturated carbocycles. The van der Waals surface area contributed by atoms with Crippen molar-refractivity contribution >= 4 is 17.9 Å². The summed E-state index contributed by atoms with van der Waals surface area (Å²) in [6.45, 7) is 6.56. The first kappa shape index (κ1) is 63.8. The molecule has 0 aliphatic carbocycles. The van der Waals surface area contributed by atoms with Crippen LogP contribution in [0.4, 0.5) is 0 Å². The highest BCUT2D eigenvalue weighted by Crippen LogP contribution is 2.14. The van der Waals surface area contributed by atoms with E-state index in [0.29, 0.717) is 19.3 Å². The first-order chi connectivity index (χ1) is 33.0. The number of ether oxygens (including phenoxy) is 3. The van der Waals surface area contributed by atoms with Crippen LogP contribution < -0.4 is 0 Å². The SMILES string of the molecule is CCCCC/C=C\C/C=C\C/C=C\CCCCCCC(=O)OC[C@H](COC(=O)CCCCCCC/C=C\C/C=C\CCCCC)OC(=O)CCCCCCCCC/C=C\CCCCCCCC. The topological polar surface area (TPSA) is 78.9 Å². The molecule has 0 amide bonds. The maximum absolute atomic E-state index is 12.9. The van der Waals surface area contributed by atoms with Gasteiger partial charge >= 0.3 is 17.9 Å². The zero-order valence-electron chi connectivity index (χ0n) is 44.2. The van der Waals surface area contributed by atoms with Crippen molar-refractivity contribution in [1.82, 2.24) is 0 Å². The van der Waals surface area contributed by atoms with Crippen LogP contribution in [0, 0.1) is 0 Å². The molecule has 0 saturated heterocycles. The zero-order valence-corrected chi connectivity index (χ0v) is 44.2. The van der Waals surface area contributed by atoms with Crippen LogP contribution in [0.3, 0.4) is 0 Å². The number of hydrogen-bond acceptors (Lipinski definition) is 6. The predicted molar refractivity (Wildman–Crippen MR) is 288 cm³/mol. The molecule has 0 fully saturated rings. The average Bonchev–Trinajstić information content (AvgIpc) is 3.33. The summed E-state index contributed by atoms with van der Waals surface area (Å²) in [5.41, 5.74) is 0. The summed E-state index contributed by atoms with van der Waals surface area (Å²) < 4.78 is 16.8. The van der Waals surface area contributed by atoms with Crippen molar-refractivity contribution in [1.29, 1.82) is 0 Å². The highest BCUT2D eigenvalue weighted by molar-refractivity contribution is 5.71. The van der Waals surface area contributed by atoms with Crippen molar-refractivity contribution in [3.63, 3.8) is 0 Å². The molecule has 0 aromatic heterocycles. The molecule has 386 valence electrons. The molecule has 0 spiro atoms. The molecule has 0 radical (unpaired) electrons. The molecule has 0 unspecified atom stereocenters. The minimum Gasteiger partial charge on any atom is -0.462 e. The number of unbranched alkanes of at least 4 members (excludes halogenated alkanes) is 28. The minimum atomic E-state index is -0.793. The third-order valence-corrected chi connectivity index (χ3v) is 12.2. The maximum atomic E-state index is 12.9. The summed E-state index contributed by atoms with van der Waals surface area (Å²) in [6.07, 6.45) is 70.2. The maximum Gasteiger partial charge on any atom is 0.306 e. The van der Waals surface area contributed by atoms with E-state index in [9.17, 15) is 14.4 Å². The fourth-order valence-electron chi connectivity index (χ4n) is 7.83. The largest absolute Gasteiger partial charge is 0.462 e. The third-order valence-electron chi connectivity index (χ3n) is 12.2. The second kappa shape index (κ2) is 55.4. The van der Waals surface area contributed by atoms with Gasteiger partial charge in [-0.25, -0.2) is 0 Å². The molecule has 6 heteroatoms. The van der Waals surface area contributed by atoms with Crippen LogP contribution >= 0.6 is 0 Å². The lowest BCUT2D eigenvalue weighted by molar-refractivity contribution is -0.167. The first-order valence-electron chi connectivity index (χ1n) is 28.4. The Balaban J connectivity index is 4.45. The monoisotopic (exact) mass is 935 g/mol. The van der Waals surface area contributed by atoms with E-state index in [0.717, 1.165) is 109 Å². The van der Waals surface area contributed by atoms with E-state index in [1.807, 2.05) is 0 Å². The fraction of sp³-hybridized carbons (Fsp3) is 0.754. The second-order valence-corrected chi connectivity index (χ2v) is 18.8. The number of carbonyl (C=O) groups excluding carboxylic acids is 3. The van der Waals surface area contributed by atoms with Crippen LogP contribution in [0.2, 0.25) is 0 Å². The second-order valence-electron chi connectivity index (χ2n) is 18.8. The molecule has 0 N–H and O–H groups in total. The lowest BCUT2D eigenvalue weighted by atomic mass is 10.1. The molecule has 0 rings (SSSR count). The number of rotatable bonds is 51. The van der Waals surface area contributed by atoms with Crippen molar-refractivity contribution in [2.75, 3.05) is 13.2 Å². The Hall–Kier alpha value is -3.15. The van der Waals surface area contributed by atoms with Gasteiger partial charge in [-0.3, -0.25) is 14.4 Å². The van der Waals surface area contributed by atoms with E-state index >= 15 is 0 Å². The van der Waals surface area contributed by atoms with E-state index in [2.05, 4.69) is 93.7 Å². The van der Waals surface area contributed by atoms with Crippen molar-refractivity contribution < 1.29 is 28.6 Å². The summed E-state index contributed by atoms with van der Waals surface area (Å²) in [7, 11) is 0. The summed E-state index contributed by atoms with van der Waals surface area (Å²) in [6, 6.07) is 0. The summed E-state index contributed by atoms with van der Waals surface area (Å²) in [5.74, 6) is -0.924. The Morgan fingerprint density at radius 2 is 0.537 bits per heavy atom. The number of allylic oxidation sites excluding steroid dienone is 12. The Kier molecular flexibility index (Phi) is 52.8. The van der Waals surface area contributed by atoms with Gasteiger partial charge in [-0.2, -0.15) is 0 Å². The van der Waals surface area contributed by atoms with Gasteiger partial charge < -0.3 is 14.2 Å². The third kappa shape index (κ3) is 53.7. The lowest BCUT2D eigenvalue weighted by Gasteiger charge is -2.18. The van der Waals surface area contributed by atoms with E-state index < -0.39 is 6.10 Å². The first-order valence-corrected chi connectivity index (χ1v) is 28.4. The van der Waals surface area contributed by atoms with Gasteiger partial charge in [0.05, 0.1) is 0 Å². The molecular formula is C61H106O6. The molecular weight excluding hydrogens is 829 g/mol. The van der Waals surface area contributed by atoms with Gasteiger partial charge in [0.15, 0.2) is 6.10 Å². The molecule has 0 aromatic carbocycles. The van der Waals surface area contributed by atoms with Crippen LogP contribution in [-0.4, -0.2) is 37.2 Å². The van der Waals surface area contributed by atoms with Crippen LogP contribution in [0.15, 0.2) is 72.9 Å². The average molecular weight is 936 g/mol. The quantitative estimate of drug-likeness (QED) is 0.0262. The van der Waals surface area contributed by atoms with Gasteiger partial charge in [-0.05, 0) is 116 Å². The Labute approximate surface area is 414 Å². The Morgan fingerprint density at radius 1 is 0.299 bits per heavy atom. The van der Waals surface area contributed by atoms with Crippen LogP contribution in [0.1, 0.15) is 278 Å². The number of esters is 3. The number of carbonyl (C=O) groups is 3. The molecule has 0 aliphatic rings. The van der Waals surface area contributed by atoms with Gasteiger partial charge in [-0.1, -0.05) is 216 Å². The van der Waals surface area contributed by atoms with E-state index in [-0.39, 0.29) is 31.1 Å². The molecule has 0 aromatic rings. The number of hydrogen-bond donors (Lipinski definition) is 0. The molecule has 6 nitrogen and oxygen atoms in total. The van der Waals surface area contributed by atoms with E-state index in [1.54, 1.807) is 0 Å². The van der Waals surface area contributed by atoms with Gasteiger partial charge in [0.25, 0.3) is 0 Å². The molecule has 67 heavy (non-hydrogen) atoms. The van der Waals surface area contributed by atoms with Gasteiger partial charge in [-0.15, -0.1) is 0 Å². The summed E-state index contributed by atoms with van der Waals surface area (Å²) in [4.78, 5) is 38.1. The zero-order chi connectivity index (χ0) is 48.6. The van der Waals surface area contributed by atoms with Gasteiger partial charge in [0.2, 0.25) is 0 Å². The van der Waals surface area contributed by atoms with Gasteiger partial charge in [0, 0.05) is 19.3 Å². The van der Waals surface area contributed by atoms with Crippen molar-refractivity contribution in [3.8, 4) is 0 Å². The smallest absolute Gasteiger partial charge is 0.306 e. The Morgan fingerprint density at radius 3 is 0.881 bits per heavy atom. The highest BCUT2D eigenvalue weighted by atomic mass is 16.6. The van der Waals surface area contributed by atoms with Crippen molar-refractivity contribution in [2.45, 2.75) is 284 Å². The predicted octanol–water partition coefficient (Wildman–Crippen LogP) is 19.0. The summed E-state index contributed by atoms with van der Waals surface area (Å²) in [5, 5.41) is 0. The van der Waals surface area contributed by atoms with E-state index in [1.165, 1.54) is 128 Å². The molecule has 1 atom stereocenters. The van der Waals surface area contributed by atoms with Crippen LogP contribution in [0.5, 0.6) is 0 Å². The van der Waals surface area contributed by atoms with Crippen LogP contribution in [0.25, 0.3) is 0 Å². The van der Waals surface area contributed by atoms with Crippen molar-refractivity contribution in [3.05, 3.63) is 72.9 Å². The van der Waals surface area contributed by atoms with E-state index in [4.69, 9.17) is 14.2 Å². The van der Waals surface area contributed by atoms with Crippen molar-refractivity contribution in [2.24, 2.45) is 0 Å². The highest BCUT2D eigenvalue weighted by Gasteiger charge is 2.19. The standard InChI is InChI=1S/C61H106O6/c1-4-7-10-13-16-19-22-25-28-30-33-36-39-42-45-48-51-54-60(63)66-57-58(56-65-59(62)53-50-47-44-41-38-35-32-27-24-21-18-15-12-9-6-3)67-61(64)55-52-49-46-43-40-37-34-31-29-26-23-20-17-14-11-8-5-2/h16,18-19,21,25-29,32-33,36,58H,4-15,17,20,22-24,30-31,34-35,37-57H2,1-3H3/b19-16-,21-18-,28-25-,29-26-,32-27-,36-33-/t58-/m0/s1. The lowest BCUT2D eigenvalue weighted by Crippen LogP contribution is -2.30. The molecule has 0 bridgehead atoms. The normalized spacial score (nSPS) is 12.6. The summed E-state index contributed by atoms with van der Waals surface area (Å²) >= 11 is 0. The van der Waals surface area contributed by atoms with Crippen LogP contribution in [-0.2, 0) is 28.6 Å². The Bertz CT molecular complexity index is 1260. The fourth-order valence-corrected chi connectivity index (χ4v) is 7.83. The minimum absolute atomic E-state index is 0.0914. The molecule has 0 aliphatic heterocycles. The molecule has 0 heterocycles. The van der Waals surface area contributed by atoms with Gasteiger partial charge in [0.1, 0.15) is 13.2 Å².